The predicted molar refractivity (Wildman–Crippen MR) is 89.8 cm³/mol. The Morgan fingerprint density at radius 1 is 1.05 bits per heavy atom. The highest BCUT2D eigenvalue weighted by molar-refractivity contribution is 9.10. The van der Waals surface area contributed by atoms with Gasteiger partial charge in [0.2, 0.25) is 0 Å². The Morgan fingerprint density at radius 2 is 1.82 bits per heavy atom. The molecule has 22 heavy (non-hydrogen) atoms. The van der Waals surface area contributed by atoms with E-state index in [0.717, 1.165) is 43.9 Å². The third-order valence-corrected chi connectivity index (χ3v) is 9.02. The van der Waals surface area contributed by atoms with Crippen molar-refractivity contribution in [2.24, 2.45) is 34.5 Å². The van der Waals surface area contributed by atoms with Gasteiger partial charge >= 0.3 is 0 Å². The van der Waals surface area contributed by atoms with Crippen molar-refractivity contribution >= 4 is 27.5 Å². The van der Waals surface area contributed by atoms with Crippen LogP contribution < -0.4 is 0 Å². The molecule has 4 fully saturated rings. The molecule has 2 nitrogen and oxygen atoms in total. The molecule has 0 radical (unpaired) electrons. The van der Waals surface area contributed by atoms with E-state index in [1.807, 2.05) is 0 Å². The van der Waals surface area contributed by atoms with Gasteiger partial charge in [0.05, 0.1) is 4.83 Å². The van der Waals surface area contributed by atoms with Gasteiger partial charge in [-0.15, -0.1) is 0 Å². The lowest BCUT2D eigenvalue weighted by Gasteiger charge is -2.59. The highest BCUT2D eigenvalue weighted by atomic mass is 79.9. The van der Waals surface area contributed by atoms with Gasteiger partial charge in [-0.3, -0.25) is 9.59 Å². The molecule has 3 heteroatoms. The van der Waals surface area contributed by atoms with Gasteiger partial charge in [0.15, 0.2) is 0 Å². The van der Waals surface area contributed by atoms with Gasteiger partial charge in [-0.05, 0) is 67.6 Å². The monoisotopic (exact) mass is 366 g/mol. The number of halogens is 1. The van der Waals surface area contributed by atoms with E-state index in [4.69, 9.17) is 0 Å². The van der Waals surface area contributed by atoms with Crippen LogP contribution in [0.5, 0.6) is 0 Å². The minimum absolute atomic E-state index is 0.0251. The van der Waals surface area contributed by atoms with Crippen molar-refractivity contribution in [2.45, 2.75) is 70.0 Å². The minimum atomic E-state index is -0.0251. The van der Waals surface area contributed by atoms with Crippen LogP contribution in [0.1, 0.15) is 65.2 Å². The maximum Gasteiger partial charge on any atom is 0.146 e. The van der Waals surface area contributed by atoms with Crippen molar-refractivity contribution in [2.75, 3.05) is 0 Å². The quantitative estimate of drug-likeness (QED) is 0.589. The zero-order valence-corrected chi connectivity index (χ0v) is 15.3. The van der Waals surface area contributed by atoms with E-state index < -0.39 is 0 Å². The second-order valence-electron chi connectivity index (χ2n) is 8.92. The van der Waals surface area contributed by atoms with E-state index in [1.54, 1.807) is 0 Å². The lowest BCUT2D eigenvalue weighted by molar-refractivity contribution is -0.143. The van der Waals surface area contributed by atoms with Crippen LogP contribution in [0.25, 0.3) is 0 Å². The largest absolute Gasteiger partial charge is 0.299 e. The first-order valence-corrected chi connectivity index (χ1v) is 9.98. The SMILES string of the molecule is C[C@]12C[C@@H](Br)C(=O)C[C@@H]1CC[C@@H]1[C@@H]2CC[C@]2(C)C(=O)CC[C@@H]12. The predicted octanol–water partition coefficient (Wildman–Crippen LogP) is 4.54. The first kappa shape index (κ1) is 15.4. The van der Waals surface area contributed by atoms with Gasteiger partial charge in [0, 0.05) is 18.3 Å². The van der Waals surface area contributed by atoms with Crippen molar-refractivity contribution in [3.63, 3.8) is 0 Å². The molecule has 122 valence electrons. The van der Waals surface area contributed by atoms with Gasteiger partial charge < -0.3 is 0 Å². The Bertz CT molecular complexity index is 530. The fourth-order valence-electron chi connectivity index (χ4n) is 6.83. The molecule has 0 amide bonds. The second-order valence-corrected chi connectivity index (χ2v) is 10.0. The lowest BCUT2D eigenvalue weighted by atomic mass is 9.45. The molecule has 7 atom stereocenters. The van der Waals surface area contributed by atoms with Crippen molar-refractivity contribution in [3.8, 4) is 0 Å². The summed E-state index contributed by atoms with van der Waals surface area (Å²) in [6.45, 7) is 4.70. The molecule has 4 rings (SSSR count). The standard InChI is InChI=1S/C19H27BrO2/c1-18-8-7-14-12(13(18)5-6-17(18)22)4-3-11-9-16(21)15(20)10-19(11,14)2/h11-15H,3-10H2,1-2H3/t11-,12-,13-,14-,15+,18-,19-/m0/s1. The Balaban J connectivity index is 1.66. The molecule has 0 spiro atoms. The van der Waals surface area contributed by atoms with Crippen molar-refractivity contribution in [3.05, 3.63) is 0 Å². The third-order valence-electron chi connectivity index (χ3n) is 8.19. The molecular weight excluding hydrogens is 340 g/mol. The Hall–Kier alpha value is -0.180. The molecule has 0 unspecified atom stereocenters. The number of carbonyl (C=O) groups is 2. The highest BCUT2D eigenvalue weighted by Crippen LogP contribution is 2.65. The summed E-state index contributed by atoms with van der Waals surface area (Å²) >= 11 is 3.64. The van der Waals surface area contributed by atoms with Crippen molar-refractivity contribution in [1.82, 2.24) is 0 Å². The maximum absolute atomic E-state index is 12.4. The maximum atomic E-state index is 12.4. The Labute approximate surface area is 141 Å². The van der Waals surface area contributed by atoms with Crippen LogP contribution in [0.3, 0.4) is 0 Å². The molecule has 4 aliphatic rings. The first-order chi connectivity index (χ1) is 10.4. The summed E-state index contributed by atoms with van der Waals surface area (Å²) in [5.74, 6) is 3.58. The first-order valence-electron chi connectivity index (χ1n) is 9.06. The number of Topliss-reactive ketones (excluding diaryl/α,β-unsaturated/α-hetero) is 2. The highest BCUT2D eigenvalue weighted by Gasteiger charge is 2.60. The summed E-state index contributed by atoms with van der Waals surface area (Å²) in [6, 6.07) is 0. The number of hydrogen-bond acceptors (Lipinski definition) is 2. The minimum Gasteiger partial charge on any atom is -0.299 e. The molecule has 0 saturated heterocycles. The van der Waals surface area contributed by atoms with Crippen LogP contribution in [-0.2, 0) is 9.59 Å². The summed E-state index contributed by atoms with van der Waals surface area (Å²) in [4.78, 5) is 24.6. The summed E-state index contributed by atoms with van der Waals surface area (Å²) < 4.78 is 0. The fraction of sp³-hybridized carbons (Fsp3) is 0.895. The molecule has 0 N–H and O–H groups in total. The average Bonchev–Trinajstić information content (AvgIpc) is 2.77. The van der Waals surface area contributed by atoms with E-state index in [0.29, 0.717) is 28.8 Å². The molecule has 0 aromatic rings. The molecular formula is C19H27BrO2. The summed E-state index contributed by atoms with van der Waals surface area (Å²) in [6.07, 6.45) is 8.44. The van der Waals surface area contributed by atoms with Crippen LogP contribution in [-0.4, -0.2) is 16.4 Å². The summed E-state index contributed by atoms with van der Waals surface area (Å²) in [7, 11) is 0. The normalized spacial score (nSPS) is 54.6. The molecule has 0 aromatic carbocycles. The smallest absolute Gasteiger partial charge is 0.146 e. The van der Waals surface area contributed by atoms with Crippen molar-refractivity contribution in [1.29, 1.82) is 0 Å². The van der Waals surface area contributed by atoms with Gasteiger partial charge in [0.1, 0.15) is 11.6 Å². The molecule has 0 heterocycles. The van der Waals surface area contributed by atoms with E-state index in [9.17, 15) is 9.59 Å². The molecule has 0 bridgehead atoms. The molecule has 4 aliphatic carbocycles. The van der Waals surface area contributed by atoms with Gasteiger partial charge in [-0.25, -0.2) is 0 Å². The summed E-state index contributed by atoms with van der Waals surface area (Å²) in [5, 5.41) is 0. The van der Waals surface area contributed by atoms with E-state index in [2.05, 4.69) is 29.8 Å². The van der Waals surface area contributed by atoms with E-state index in [-0.39, 0.29) is 10.2 Å². The molecule has 4 saturated carbocycles. The second kappa shape index (κ2) is 4.91. The topological polar surface area (TPSA) is 34.1 Å². The van der Waals surface area contributed by atoms with Crippen LogP contribution in [0.15, 0.2) is 0 Å². The number of fused-ring (bicyclic) bond motifs is 5. The van der Waals surface area contributed by atoms with Crippen LogP contribution >= 0.6 is 15.9 Å². The number of alkyl halides is 1. The van der Waals surface area contributed by atoms with Crippen LogP contribution in [0.4, 0.5) is 0 Å². The molecule has 0 aromatic heterocycles. The van der Waals surface area contributed by atoms with Crippen LogP contribution in [0, 0.1) is 34.5 Å². The Morgan fingerprint density at radius 3 is 2.59 bits per heavy atom. The number of carbonyl (C=O) groups excluding carboxylic acids is 2. The zero-order valence-electron chi connectivity index (χ0n) is 13.7. The zero-order chi connectivity index (χ0) is 15.7. The number of ketones is 2. The summed E-state index contributed by atoms with van der Waals surface area (Å²) in [5.41, 5.74) is 0.278. The number of hydrogen-bond donors (Lipinski definition) is 0. The van der Waals surface area contributed by atoms with Crippen molar-refractivity contribution < 1.29 is 9.59 Å². The number of rotatable bonds is 0. The van der Waals surface area contributed by atoms with Gasteiger partial charge in [-0.2, -0.15) is 0 Å². The lowest BCUT2D eigenvalue weighted by Crippen LogP contribution is -2.55. The third kappa shape index (κ3) is 1.90. The van der Waals surface area contributed by atoms with E-state index >= 15 is 0 Å². The van der Waals surface area contributed by atoms with Gasteiger partial charge in [0.25, 0.3) is 0 Å². The fourth-order valence-corrected chi connectivity index (χ4v) is 7.71. The average molecular weight is 367 g/mol. The van der Waals surface area contributed by atoms with Gasteiger partial charge in [-0.1, -0.05) is 29.8 Å². The van der Waals surface area contributed by atoms with Crippen LogP contribution in [0.2, 0.25) is 0 Å². The molecule has 0 aliphatic heterocycles. The van der Waals surface area contributed by atoms with E-state index in [1.165, 1.54) is 19.3 Å². The Kier molecular flexibility index (Phi) is 3.43.